The van der Waals surface area contributed by atoms with Crippen LogP contribution in [0.25, 0.3) is 50.2 Å². The van der Waals surface area contributed by atoms with Crippen molar-refractivity contribution in [1.29, 1.82) is 0 Å². The highest BCUT2D eigenvalue weighted by Crippen LogP contribution is 2.64. The summed E-state index contributed by atoms with van der Waals surface area (Å²) >= 11 is 23.8. The van der Waals surface area contributed by atoms with Crippen molar-refractivity contribution in [2.75, 3.05) is 0 Å². The third-order valence-corrected chi connectivity index (χ3v) is 18.3. The number of nitrogens with zero attached hydrogens (tertiary/aromatic N) is 20. The average molecular weight is 1300 g/mol. The normalized spacial score (nSPS) is 22.0. The van der Waals surface area contributed by atoms with Crippen molar-refractivity contribution in [2.24, 2.45) is 56.7 Å². The number of aryl methyl sites for hydroxylation is 3. The number of fused-ring (bicyclic) bond motifs is 6. The molecule has 0 unspecified atom stereocenters. The molecule has 0 bridgehead atoms. The van der Waals surface area contributed by atoms with Crippen LogP contribution >= 0.6 is 46.4 Å². The van der Waals surface area contributed by atoms with Gasteiger partial charge in [0.05, 0.1) is 42.4 Å². The van der Waals surface area contributed by atoms with Gasteiger partial charge in [-0.3, -0.25) is 38.5 Å². The Kier molecular flexibility index (Phi) is 14.8. The van der Waals surface area contributed by atoms with E-state index in [1.807, 2.05) is 18.2 Å². The average Bonchev–Trinajstić information content (AvgIpc) is 1.59. The molecular formula is C60H49Cl4N21O6. The zero-order valence-corrected chi connectivity index (χ0v) is 51.3. The van der Waals surface area contributed by atoms with Crippen LogP contribution in [0.1, 0.15) is 89.2 Å². The van der Waals surface area contributed by atoms with Crippen LogP contribution in [0.2, 0.25) is 15.1 Å². The molecule has 12 aromatic rings. The molecule has 0 aromatic carbocycles. The molecule has 12 aromatic heterocycles. The van der Waals surface area contributed by atoms with Crippen molar-refractivity contribution in [3.63, 3.8) is 0 Å². The van der Waals surface area contributed by atoms with E-state index >= 15 is 0 Å². The second-order valence-electron chi connectivity index (χ2n) is 23.0. The highest BCUT2D eigenvalue weighted by atomic mass is 35.5. The topological polar surface area (TPSA) is 324 Å². The summed E-state index contributed by atoms with van der Waals surface area (Å²) in [5, 5.41) is 14.4. The number of H-pyrrole nitrogens is 1. The minimum atomic E-state index is -0.190. The molecule has 18 rings (SSSR count). The summed E-state index contributed by atoms with van der Waals surface area (Å²) < 4.78 is 23.8. The highest BCUT2D eigenvalue weighted by molar-refractivity contribution is 6.31. The molecule has 1 N–H and O–H groups in total. The maximum atomic E-state index is 12.7. The summed E-state index contributed by atoms with van der Waals surface area (Å²) in [6, 6.07) is 11.0. The van der Waals surface area contributed by atoms with E-state index in [-0.39, 0.29) is 47.5 Å². The van der Waals surface area contributed by atoms with E-state index in [9.17, 15) is 14.4 Å². The molecule has 6 aliphatic rings. The monoisotopic (exact) mass is 1300 g/mol. The Bertz CT molecular complexity index is 4900. The smallest absolute Gasteiger partial charge is 0.280 e. The maximum Gasteiger partial charge on any atom is 0.280 e. The molecule has 0 spiro atoms. The predicted octanol–water partition coefficient (Wildman–Crippen LogP) is 8.18. The second-order valence-corrected chi connectivity index (χ2v) is 24.6. The summed E-state index contributed by atoms with van der Waals surface area (Å²) in [5.41, 5.74) is 8.72. The number of hydrogen-bond acceptors (Lipinski definition) is 21. The molecule has 12 heterocycles. The lowest BCUT2D eigenvalue weighted by Crippen LogP contribution is -2.22. The molecule has 91 heavy (non-hydrogen) atoms. The lowest BCUT2D eigenvalue weighted by molar-refractivity contribution is 0.363. The highest BCUT2D eigenvalue weighted by Gasteiger charge is 2.57. The number of aromatic amines is 1. The molecule has 0 saturated heterocycles. The Hall–Kier alpha value is -9.70. The van der Waals surface area contributed by atoms with E-state index in [2.05, 4.69) is 98.5 Å². The summed E-state index contributed by atoms with van der Waals surface area (Å²) in [6.45, 7) is 0.352. The fourth-order valence-corrected chi connectivity index (χ4v) is 13.4. The molecule has 458 valence electrons. The van der Waals surface area contributed by atoms with Gasteiger partial charge in [0.15, 0.2) is 51.0 Å². The number of rotatable bonds is 11. The van der Waals surface area contributed by atoms with E-state index < -0.39 is 0 Å². The van der Waals surface area contributed by atoms with E-state index in [1.165, 1.54) is 44.8 Å². The van der Waals surface area contributed by atoms with Gasteiger partial charge < -0.3 is 32.3 Å². The third kappa shape index (κ3) is 11.1. The molecule has 3 fully saturated rings. The minimum Gasteiger partial charge on any atom is -0.338 e. The largest absolute Gasteiger partial charge is 0.338 e. The fraction of sp³-hybridized carbons (Fsp3) is 0.300. The van der Waals surface area contributed by atoms with Gasteiger partial charge in [-0.1, -0.05) is 68.5 Å². The molecule has 0 aliphatic heterocycles. The van der Waals surface area contributed by atoms with Crippen LogP contribution < -0.4 is 16.7 Å². The molecule has 9 atom stereocenters. The van der Waals surface area contributed by atoms with Crippen LogP contribution in [0.4, 0.5) is 0 Å². The molecule has 3 saturated carbocycles. The van der Waals surface area contributed by atoms with Gasteiger partial charge in [-0.15, -0.1) is 11.6 Å². The van der Waals surface area contributed by atoms with Crippen molar-refractivity contribution < 1.29 is 13.6 Å². The van der Waals surface area contributed by atoms with Crippen molar-refractivity contribution in [2.45, 2.75) is 56.0 Å². The van der Waals surface area contributed by atoms with E-state index in [0.717, 1.165) is 47.2 Å². The molecule has 0 radical (unpaired) electrons. The number of allylic oxidation sites excluding steroid dienone is 6. The van der Waals surface area contributed by atoms with E-state index in [4.69, 9.17) is 60.0 Å². The van der Waals surface area contributed by atoms with E-state index in [0.29, 0.717) is 114 Å². The molecule has 27 nitrogen and oxygen atoms in total. The van der Waals surface area contributed by atoms with Crippen LogP contribution in [0, 0.1) is 35.5 Å². The van der Waals surface area contributed by atoms with Gasteiger partial charge in [-0.25, -0.2) is 29.9 Å². The summed E-state index contributed by atoms with van der Waals surface area (Å²) in [7, 11) is 5.28. The van der Waals surface area contributed by atoms with Gasteiger partial charge in [0.1, 0.15) is 31.6 Å². The van der Waals surface area contributed by atoms with Crippen LogP contribution in [0.15, 0.2) is 139 Å². The molecular weight excluding hydrogens is 1250 g/mol. The predicted molar refractivity (Wildman–Crippen MR) is 330 cm³/mol. The lowest BCUT2D eigenvalue weighted by atomic mass is 10.1. The fourth-order valence-electron chi connectivity index (χ4n) is 12.8. The number of nitrogens with one attached hydrogen (secondary N) is 1. The Morgan fingerprint density at radius 3 is 1.20 bits per heavy atom. The first kappa shape index (κ1) is 57.7. The SMILES string of the molecule is ClCc1nc([C@@H]2[C@H]3C=C(c4cc(Cl)ccn4)C[C@H]32)no1.Cn1cnc2nc[nH]c(=O)c21.Cn1cnc2ncn(Cc3nc([C@@H]4[C@H]5C=C(c6cc(Cl)ccn6)C[C@H]54)no3)c(=O)c21.Cn1cnc2ncn(Cc3nc([C@H]4[C@@H]5C=C(c6cc(Cl)ccn6)C[C@@H]54)no3)c(=O)c21. The van der Waals surface area contributed by atoms with Gasteiger partial charge in [-0.2, -0.15) is 15.0 Å². The van der Waals surface area contributed by atoms with Gasteiger partial charge in [0.2, 0.25) is 17.7 Å². The first-order valence-corrected chi connectivity index (χ1v) is 30.5. The Labute approximate surface area is 532 Å². The second kappa shape index (κ2) is 23.3. The number of alkyl halides is 1. The van der Waals surface area contributed by atoms with Crippen molar-refractivity contribution in [3.05, 3.63) is 210 Å². The van der Waals surface area contributed by atoms with Crippen LogP contribution in [-0.2, 0) is 40.1 Å². The first-order chi connectivity index (χ1) is 44.2. The van der Waals surface area contributed by atoms with Gasteiger partial charge in [0, 0.05) is 72.6 Å². The number of aromatic nitrogens is 21. The molecule has 31 heteroatoms. The van der Waals surface area contributed by atoms with Crippen molar-refractivity contribution >= 4 is 96.6 Å². The van der Waals surface area contributed by atoms with Crippen LogP contribution in [0.3, 0.4) is 0 Å². The van der Waals surface area contributed by atoms with Crippen molar-refractivity contribution in [3.8, 4) is 0 Å². The van der Waals surface area contributed by atoms with Gasteiger partial charge in [-0.05, 0) is 108 Å². The number of pyridine rings is 3. The van der Waals surface area contributed by atoms with Crippen molar-refractivity contribution in [1.82, 2.24) is 103 Å². The summed E-state index contributed by atoms with van der Waals surface area (Å²) in [4.78, 5) is 89.9. The zero-order valence-electron chi connectivity index (χ0n) is 48.2. The van der Waals surface area contributed by atoms with Gasteiger partial charge in [0.25, 0.3) is 16.7 Å². The number of halogens is 4. The summed E-state index contributed by atoms with van der Waals surface area (Å²) in [5.74, 6) is 7.33. The molecule has 0 amide bonds. The Morgan fingerprint density at radius 2 is 0.846 bits per heavy atom. The summed E-state index contributed by atoms with van der Waals surface area (Å²) in [6.07, 6.45) is 23.8. The number of hydrogen-bond donors (Lipinski definition) is 1. The number of imidazole rings is 3. The Balaban J connectivity index is 0.000000106. The third-order valence-electron chi connectivity index (χ3n) is 17.4. The quantitative estimate of drug-likeness (QED) is 0.119. The van der Waals surface area contributed by atoms with Gasteiger partial charge >= 0.3 is 0 Å². The maximum absolute atomic E-state index is 12.7. The molecule has 6 aliphatic carbocycles. The minimum absolute atomic E-state index is 0.157. The lowest BCUT2D eigenvalue weighted by Gasteiger charge is -2.04. The first-order valence-electron chi connectivity index (χ1n) is 28.8. The Morgan fingerprint density at radius 1 is 0.484 bits per heavy atom. The standard InChI is InChI=1S/2C20H16ClN7O2.C14H11Cl2N3O.C6H6N4O/c2*1-27-8-23-19-17(27)20(29)28(9-24-19)7-15-25-18(26-30-15)16-12-4-10(5-13(12)16)14-6-11(21)2-3-22-14;15-6-12-18-14(19-20-12)13-9-3-7(4-10(9)13)11-5-8(16)1-2-17-11;1-10-3-9-5-4(10)6(11)8-2-7-5/h2*2-4,6,8-9,12-13,16H,5,7H2,1H3;1-3,5,9-10,13H,4,6H2;2-3H,1H3,(H,7,8,11)/t2*12-,13+,16+;9-,10+,13+;/m100./s1. The van der Waals surface area contributed by atoms with Crippen LogP contribution in [-0.4, -0.2) is 103 Å². The van der Waals surface area contributed by atoms with Crippen LogP contribution in [0.5, 0.6) is 0 Å². The zero-order chi connectivity index (χ0) is 62.3. The van der Waals surface area contributed by atoms with E-state index in [1.54, 1.807) is 90.6 Å².